The number of aliphatic carboxylic acids is 1. The van der Waals surface area contributed by atoms with Crippen LogP contribution in [0.4, 0.5) is 0 Å². The molecule has 1 aliphatic heterocycles. The monoisotopic (exact) mass is 328 g/mol. The third kappa shape index (κ3) is 3.81. The summed E-state index contributed by atoms with van der Waals surface area (Å²) in [6, 6.07) is 8.55. The fourth-order valence-corrected chi connectivity index (χ4v) is 3.68. The van der Waals surface area contributed by atoms with Crippen molar-refractivity contribution in [1.29, 1.82) is 0 Å². The van der Waals surface area contributed by atoms with E-state index >= 15 is 0 Å². The lowest BCUT2D eigenvalue weighted by Crippen LogP contribution is -2.27. The van der Waals surface area contributed by atoms with Crippen LogP contribution in [-0.4, -0.2) is 28.7 Å². The molecular formula is C20H28N2O2. The second-order valence-corrected chi connectivity index (χ2v) is 7.49. The van der Waals surface area contributed by atoms with Gasteiger partial charge in [0.15, 0.2) is 0 Å². The Morgan fingerprint density at radius 1 is 1.38 bits per heavy atom. The summed E-state index contributed by atoms with van der Waals surface area (Å²) >= 11 is 0. The Balaban J connectivity index is 1.80. The van der Waals surface area contributed by atoms with E-state index in [9.17, 15) is 9.90 Å². The van der Waals surface area contributed by atoms with Crippen molar-refractivity contribution in [1.82, 2.24) is 9.88 Å². The number of carbonyl (C=O) groups is 1. The highest BCUT2D eigenvalue weighted by molar-refractivity contribution is 5.81. The number of hydrogen-bond acceptors (Lipinski definition) is 2. The van der Waals surface area contributed by atoms with Crippen LogP contribution in [0.3, 0.4) is 0 Å². The van der Waals surface area contributed by atoms with Crippen molar-refractivity contribution in [2.24, 2.45) is 17.8 Å². The molecule has 4 nitrogen and oxygen atoms in total. The van der Waals surface area contributed by atoms with Gasteiger partial charge in [-0.25, -0.2) is 0 Å². The van der Waals surface area contributed by atoms with Crippen LogP contribution in [0, 0.1) is 17.8 Å². The molecule has 1 aliphatic rings. The zero-order valence-corrected chi connectivity index (χ0v) is 14.7. The SMILES string of the molecule is CC(C)CCn1ccc2ccc(C[C@H](C(=O)O)[C@H]3CCNC3)cc21. The molecule has 0 radical (unpaired) electrons. The van der Waals surface area contributed by atoms with Crippen molar-refractivity contribution >= 4 is 16.9 Å². The molecular weight excluding hydrogens is 300 g/mol. The van der Waals surface area contributed by atoms with Crippen molar-refractivity contribution < 1.29 is 9.90 Å². The number of aromatic nitrogens is 1. The van der Waals surface area contributed by atoms with Crippen LogP contribution < -0.4 is 5.32 Å². The van der Waals surface area contributed by atoms with E-state index in [1.54, 1.807) is 0 Å². The molecule has 2 heterocycles. The van der Waals surface area contributed by atoms with E-state index < -0.39 is 5.97 Å². The summed E-state index contributed by atoms with van der Waals surface area (Å²) < 4.78 is 2.30. The highest BCUT2D eigenvalue weighted by Gasteiger charge is 2.30. The third-order valence-electron chi connectivity index (χ3n) is 5.23. The maximum atomic E-state index is 11.7. The van der Waals surface area contributed by atoms with Gasteiger partial charge < -0.3 is 15.0 Å². The Hall–Kier alpha value is -1.81. The van der Waals surface area contributed by atoms with Gasteiger partial charge in [0.05, 0.1) is 5.92 Å². The summed E-state index contributed by atoms with van der Waals surface area (Å²) in [6.45, 7) is 7.25. The number of fused-ring (bicyclic) bond motifs is 1. The molecule has 0 saturated carbocycles. The van der Waals surface area contributed by atoms with Gasteiger partial charge in [0, 0.05) is 18.3 Å². The van der Waals surface area contributed by atoms with E-state index in [0.717, 1.165) is 38.0 Å². The van der Waals surface area contributed by atoms with E-state index in [1.807, 2.05) is 0 Å². The van der Waals surface area contributed by atoms with Gasteiger partial charge in [-0.2, -0.15) is 0 Å². The van der Waals surface area contributed by atoms with Crippen molar-refractivity contribution in [2.75, 3.05) is 13.1 Å². The Bertz CT molecular complexity index is 699. The van der Waals surface area contributed by atoms with Crippen molar-refractivity contribution in [3.63, 3.8) is 0 Å². The first-order valence-corrected chi connectivity index (χ1v) is 9.06. The topological polar surface area (TPSA) is 54.3 Å². The molecule has 2 aromatic rings. The summed E-state index contributed by atoms with van der Waals surface area (Å²) in [5, 5.41) is 14.2. The van der Waals surface area contributed by atoms with Gasteiger partial charge in [0.2, 0.25) is 0 Å². The first kappa shape index (κ1) is 17.0. The molecule has 1 aromatic heterocycles. The molecule has 0 unspecified atom stereocenters. The Kier molecular flexibility index (Phi) is 5.24. The van der Waals surface area contributed by atoms with Crippen LogP contribution in [0.5, 0.6) is 0 Å². The predicted molar refractivity (Wildman–Crippen MR) is 97.2 cm³/mol. The highest BCUT2D eigenvalue weighted by atomic mass is 16.4. The van der Waals surface area contributed by atoms with E-state index in [1.165, 1.54) is 10.9 Å². The summed E-state index contributed by atoms with van der Waals surface area (Å²) in [5.74, 6) is -0.0432. The number of rotatable bonds is 7. The lowest BCUT2D eigenvalue weighted by molar-refractivity contribution is -0.143. The summed E-state index contributed by atoms with van der Waals surface area (Å²) in [7, 11) is 0. The van der Waals surface area contributed by atoms with Gasteiger partial charge in [-0.1, -0.05) is 26.0 Å². The summed E-state index contributed by atoms with van der Waals surface area (Å²) in [4.78, 5) is 11.7. The second kappa shape index (κ2) is 7.39. The lowest BCUT2D eigenvalue weighted by Gasteiger charge is -2.19. The number of hydrogen-bond donors (Lipinski definition) is 2. The predicted octanol–water partition coefficient (Wildman–Crippen LogP) is 3.54. The molecule has 2 atom stereocenters. The van der Waals surface area contributed by atoms with E-state index in [2.05, 4.69) is 54.2 Å². The van der Waals surface area contributed by atoms with Crippen molar-refractivity contribution in [3.05, 3.63) is 36.0 Å². The summed E-state index contributed by atoms with van der Waals surface area (Å²) in [5.41, 5.74) is 2.35. The van der Waals surface area contributed by atoms with Gasteiger partial charge >= 0.3 is 5.97 Å². The molecule has 0 bridgehead atoms. The van der Waals surface area contributed by atoms with Gasteiger partial charge in [-0.15, -0.1) is 0 Å². The molecule has 0 aliphatic carbocycles. The number of nitrogens with one attached hydrogen (secondary N) is 1. The molecule has 3 rings (SSSR count). The number of benzene rings is 1. The molecule has 0 spiro atoms. The minimum atomic E-state index is -0.668. The van der Waals surface area contributed by atoms with Crippen LogP contribution >= 0.6 is 0 Å². The van der Waals surface area contributed by atoms with Crippen molar-refractivity contribution in [3.8, 4) is 0 Å². The Labute approximate surface area is 143 Å². The van der Waals surface area contributed by atoms with Gasteiger partial charge in [-0.05, 0) is 67.3 Å². The largest absolute Gasteiger partial charge is 0.481 e. The fraction of sp³-hybridized carbons (Fsp3) is 0.550. The molecule has 1 aromatic carbocycles. The first-order valence-electron chi connectivity index (χ1n) is 9.06. The van der Waals surface area contributed by atoms with Gasteiger partial charge in [0.1, 0.15) is 0 Å². The molecule has 24 heavy (non-hydrogen) atoms. The molecule has 2 N–H and O–H groups in total. The average Bonchev–Trinajstić information content (AvgIpc) is 3.19. The highest BCUT2D eigenvalue weighted by Crippen LogP contribution is 2.26. The fourth-order valence-electron chi connectivity index (χ4n) is 3.68. The van der Waals surface area contributed by atoms with Crippen LogP contribution in [0.25, 0.3) is 10.9 Å². The maximum absolute atomic E-state index is 11.7. The number of carboxylic acids is 1. The van der Waals surface area contributed by atoms with Crippen LogP contribution in [0.2, 0.25) is 0 Å². The average molecular weight is 328 g/mol. The second-order valence-electron chi connectivity index (χ2n) is 7.49. The minimum Gasteiger partial charge on any atom is -0.481 e. The van der Waals surface area contributed by atoms with Gasteiger partial charge in [0.25, 0.3) is 0 Å². The molecule has 130 valence electrons. The van der Waals surface area contributed by atoms with Crippen LogP contribution in [0.1, 0.15) is 32.3 Å². The first-order chi connectivity index (χ1) is 11.5. The maximum Gasteiger partial charge on any atom is 0.307 e. The van der Waals surface area contributed by atoms with E-state index in [-0.39, 0.29) is 11.8 Å². The Morgan fingerprint density at radius 2 is 2.21 bits per heavy atom. The van der Waals surface area contributed by atoms with Crippen LogP contribution in [0.15, 0.2) is 30.5 Å². The number of carboxylic acid groups (broad SMARTS) is 1. The van der Waals surface area contributed by atoms with Crippen molar-refractivity contribution in [2.45, 2.75) is 39.7 Å². The molecule has 0 amide bonds. The minimum absolute atomic E-state index is 0.242. The molecule has 4 heteroatoms. The zero-order valence-electron chi connectivity index (χ0n) is 14.7. The smallest absolute Gasteiger partial charge is 0.307 e. The zero-order chi connectivity index (χ0) is 17.1. The summed E-state index contributed by atoms with van der Waals surface area (Å²) in [6.07, 6.45) is 4.88. The standard InChI is InChI=1S/C20H28N2O2/c1-14(2)6-9-22-10-7-16-4-3-15(12-19(16)22)11-18(20(23)24)17-5-8-21-13-17/h3-4,7,10,12,14,17-18,21H,5-6,8-9,11,13H2,1-2H3,(H,23,24)/t17-,18-/m0/s1. The lowest BCUT2D eigenvalue weighted by atomic mass is 9.86. The quantitative estimate of drug-likeness (QED) is 0.817. The number of nitrogens with zero attached hydrogens (tertiary/aromatic N) is 1. The molecule has 1 saturated heterocycles. The van der Waals surface area contributed by atoms with E-state index in [4.69, 9.17) is 0 Å². The van der Waals surface area contributed by atoms with Gasteiger partial charge in [-0.3, -0.25) is 4.79 Å². The Morgan fingerprint density at radius 3 is 2.88 bits per heavy atom. The van der Waals surface area contributed by atoms with Crippen LogP contribution in [-0.2, 0) is 17.8 Å². The number of aryl methyl sites for hydroxylation is 1. The van der Waals surface area contributed by atoms with E-state index in [0.29, 0.717) is 12.3 Å². The normalized spacial score (nSPS) is 19.2. The molecule has 1 fully saturated rings. The third-order valence-corrected chi connectivity index (χ3v) is 5.23.